The number of carbonyl (C=O) groups is 1. The summed E-state index contributed by atoms with van der Waals surface area (Å²) in [6.07, 6.45) is 7.82. The van der Waals surface area contributed by atoms with Crippen molar-refractivity contribution >= 4 is 22.7 Å². The monoisotopic (exact) mass is 529 g/mol. The molecule has 0 saturated carbocycles. The summed E-state index contributed by atoms with van der Waals surface area (Å²) < 4.78 is 11.0. The Bertz CT molecular complexity index is 1360. The molecule has 0 atom stereocenters. The van der Waals surface area contributed by atoms with Crippen LogP contribution in [0.1, 0.15) is 51.3 Å². The predicted octanol–water partition coefficient (Wildman–Crippen LogP) is 5.30. The van der Waals surface area contributed by atoms with Crippen LogP contribution in [0.25, 0.3) is 27.9 Å². The van der Waals surface area contributed by atoms with Gasteiger partial charge in [-0.15, -0.1) is 0 Å². The Morgan fingerprint density at radius 3 is 2.59 bits per heavy atom. The molecule has 0 bridgehead atoms. The molecule has 0 unspecified atom stereocenters. The van der Waals surface area contributed by atoms with Crippen LogP contribution < -0.4 is 0 Å². The first-order valence-electron chi connectivity index (χ1n) is 14.2. The summed E-state index contributed by atoms with van der Waals surface area (Å²) in [6.45, 7) is 12.1. The second-order valence-electron chi connectivity index (χ2n) is 12.3. The summed E-state index contributed by atoms with van der Waals surface area (Å²) in [7, 11) is 0. The maximum Gasteiger partial charge on any atom is 0.410 e. The van der Waals surface area contributed by atoms with Gasteiger partial charge in [0, 0.05) is 36.1 Å². The average Bonchev–Trinajstić information content (AvgIpc) is 3.35. The van der Waals surface area contributed by atoms with E-state index < -0.39 is 5.60 Å². The molecule has 39 heavy (non-hydrogen) atoms. The Morgan fingerprint density at radius 1 is 1.13 bits per heavy atom. The normalized spacial score (nSPS) is 19.7. The van der Waals surface area contributed by atoms with Gasteiger partial charge in [0.15, 0.2) is 0 Å². The van der Waals surface area contributed by atoms with Crippen LogP contribution in [0.15, 0.2) is 42.7 Å². The maximum atomic E-state index is 12.3. The standard InChI is InChI=1S/C31H39N5O3/c1-30(2,3)39-29(37)36-19-31(20-36)11-14-35(15-12-31)13-8-22-4-6-23(7-5-22)26-18-25-27(24-9-16-38-17-10-24)32-21-33-28(25)34-26/h4-7,9,18,21H,8,10-17,19-20H2,1-3H3,(H,32,33,34). The van der Waals surface area contributed by atoms with Gasteiger partial charge in [0.2, 0.25) is 0 Å². The largest absolute Gasteiger partial charge is 0.444 e. The number of ether oxygens (including phenoxy) is 2. The van der Waals surface area contributed by atoms with Gasteiger partial charge in [-0.3, -0.25) is 0 Å². The van der Waals surface area contributed by atoms with E-state index in [0.29, 0.717) is 12.0 Å². The minimum Gasteiger partial charge on any atom is -0.444 e. The zero-order chi connectivity index (χ0) is 27.0. The molecule has 0 aliphatic carbocycles. The van der Waals surface area contributed by atoms with Crippen molar-refractivity contribution in [1.29, 1.82) is 0 Å². The number of amides is 1. The molecule has 5 heterocycles. The Morgan fingerprint density at radius 2 is 1.90 bits per heavy atom. The number of rotatable bonds is 5. The van der Waals surface area contributed by atoms with Gasteiger partial charge < -0.3 is 24.3 Å². The molecule has 3 aliphatic rings. The summed E-state index contributed by atoms with van der Waals surface area (Å²) in [5, 5.41) is 1.06. The van der Waals surface area contributed by atoms with Crippen molar-refractivity contribution in [2.24, 2.45) is 5.41 Å². The molecule has 8 heteroatoms. The van der Waals surface area contributed by atoms with Gasteiger partial charge >= 0.3 is 6.09 Å². The third kappa shape index (κ3) is 5.72. The molecular weight excluding hydrogens is 490 g/mol. The highest BCUT2D eigenvalue weighted by Gasteiger charge is 2.47. The van der Waals surface area contributed by atoms with E-state index in [1.807, 2.05) is 25.7 Å². The van der Waals surface area contributed by atoms with E-state index in [-0.39, 0.29) is 6.09 Å². The van der Waals surface area contributed by atoms with Crippen LogP contribution in [-0.4, -0.2) is 82.4 Å². The molecule has 206 valence electrons. The summed E-state index contributed by atoms with van der Waals surface area (Å²) in [6, 6.07) is 11.1. The second kappa shape index (κ2) is 10.4. The Kier molecular flexibility index (Phi) is 6.93. The molecule has 2 aromatic heterocycles. The number of hydrogen-bond acceptors (Lipinski definition) is 6. The molecule has 8 nitrogen and oxygen atoms in total. The lowest BCUT2D eigenvalue weighted by Crippen LogP contribution is -2.62. The van der Waals surface area contributed by atoms with Gasteiger partial charge in [0.25, 0.3) is 0 Å². The SMILES string of the molecule is CC(C)(C)OC(=O)N1CC2(CCN(CCc3ccc(-c4cc5c(C6=CCOCC6)ncnc5[nH]4)cc3)CC2)C1. The lowest BCUT2D eigenvalue weighted by Gasteiger charge is -2.53. The highest BCUT2D eigenvalue weighted by Crippen LogP contribution is 2.41. The molecular formula is C31H39N5O3. The Balaban J connectivity index is 1.01. The summed E-state index contributed by atoms with van der Waals surface area (Å²) >= 11 is 0. The molecule has 1 aromatic carbocycles. The number of aromatic nitrogens is 3. The summed E-state index contributed by atoms with van der Waals surface area (Å²) in [4.78, 5) is 29.3. The fourth-order valence-electron chi connectivity index (χ4n) is 6.02. The van der Waals surface area contributed by atoms with Crippen LogP contribution in [-0.2, 0) is 15.9 Å². The van der Waals surface area contributed by atoms with E-state index in [9.17, 15) is 4.79 Å². The topological polar surface area (TPSA) is 83.6 Å². The Hall–Kier alpha value is -3.23. The molecule has 2 saturated heterocycles. The van der Waals surface area contributed by atoms with Crippen LogP contribution in [0.5, 0.6) is 0 Å². The second-order valence-corrected chi connectivity index (χ2v) is 12.3. The number of carbonyl (C=O) groups excluding carboxylic acids is 1. The number of piperidine rings is 1. The quantitative estimate of drug-likeness (QED) is 0.483. The summed E-state index contributed by atoms with van der Waals surface area (Å²) in [5.41, 5.74) is 6.54. The van der Waals surface area contributed by atoms with E-state index in [1.165, 1.54) is 11.1 Å². The van der Waals surface area contributed by atoms with Crippen molar-refractivity contribution < 1.29 is 14.3 Å². The van der Waals surface area contributed by atoms with Crippen molar-refractivity contribution in [3.63, 3.8) is 0 Å². The van der Waals surface area contributed by atoms with Gasteiger partial charge in [-0.25, -0.2) is 14.8 Å². The van der Waals surface area contributed by atoms with Crippen LogP contribution in [0.2, 0.25) is 0 Å². The van der Waals surface area contributed by atoms with Crippen LogP contribution in [0, 0.1) is 5.41 Å². The molecule has 6 rings (SSSR count). The van der Waals surface area contributed by atoms with E-state index in [1.54, 1.807) is 6.33 Å². The van der Waals surface area contributed by atoms with Crippen molar-refractivity contribution in [3.05, 3.63) is 54.0 Å². The molecule has 1 amide bonds. The first-order valence-corrected chi connectivity index (χ1v) is 14.2. The van der Waals surface area contributed by atoms with Crippen molar-refractivity contribution in [1.82, 2.24) is 24.8 Å². The highest BCUT2D eigenvalue weighted by atomic mass is 16.6. The van der Waals surface area contributed by atoms with E-state index in [2.05, 4.69) is 56.3 Å². The third-order valence-corrected chi connectivity index (χ3v) is 8.30. The van der Waals surface area contributed by atoms with Gasteiger partial charge in [0.05, 0.1) is 18.9 Å². The zero-order valence-electron chi connectivity index (χ0n) is 23.3. The van der Waals surface area contributed by atoms with E-state index in [0.717, 1.165) is 93.0 Å². The van der Waals surface area contributed by atoms with Crippen LogP contribution in [0.3, 0.4) is 0 Å². The first-order chi connectivity index (χ1) is 18.8. The fraction of sp³-hybridized carbons (Fsp3) is 0.516. The molecule has 3 aromatic rings. The van der Waals surface area contributed by atoms with Gasteiger partial charge in [-0.2, -0.15) is 0 Å². The zero-order valence-corrected chi connectivity index (χ0v) is 23.3. The van der Waals surface area contributed by atoms with Crippen LogP contribution >= 0.6 is 0 Å². The number of aromatic amines is 1. The molecule has 1 spiro atoms. The lowest BCUT2D eigenvalue weighted by atomic mass is 9.72. The minimum absolute atomic E-state index is 0.170. The number of H-pyrrole nitrogens is 1. The van der Waals surface area contributed by atoms with Gasteiger partial charge in [-0.05, 0) is 82.3 Å². The molecule has 1 N–H and O–H groups in total. The third-order valence-electron chi connectivity index (χ3n) is 8.30. The number of hydrogen-bond donors (Lipinski definition) is 1. The minimum atomic E-state index is -0.433. The predicted molar refractivity (Wildman–Crippen MR) is 152 cm³/mol. The number of benzene rings is 1. The summed E-state index contributed by atoms with van der Waals surface area (Å²) in [5.74, 6) is 0. The molecule has 2 fully saturated rings. The van der Waals surface area contributed by atoms with Gasteiger partial charge in [-0.1, -0.05) is 30.3 Å². The van der Waals surface area contributed by atoms with E-state index >= 15 is 0 Å². The molecule has 0 radical (unpaired) electrons. The Labute approximate surface area is 230 Å². The number of nitrogens with zero attached hydrogens (tertiary/aromatic N) is 4. The first kappa shape index (κ1) is 26.0. The van der Waals surface area contributed by atoms with E-state index in [4.69, 9.17) is 9.47 Å². The lowest BCUT2D eigenvalue weighted by molar-refractivity contribution is -0.0590. The molecule has 3 aliphatic heterocycles. The van der Waals surface area contributed by atoms with Crippen molar-refractivity contribution in [2.75, 3.05) is 45.9 Å². The smallest absolute Gasteiger partial charge is 0.410 e. The highest BCUT2D eigenvalue weighted by molar-refractivity contribution is 5.92. The van der Waals surface area contributed by atoms with Gasteiger partial charge in [0.1, 0.15) is 17.6 Å². The fourth-order valence-corrected chi connectivity index (χ4v) is 6.02. The number of fused-ring (bicyclic) bond motifs is 1. The maximum absolute atomic E-state index is 12.3. The average molecular weight is 530 g/mol. The van der Waals surface area contributed by atoms with Crippen molar-refractivity contribution in [3.8, 4) is 11.3 Å². The number of likely N-dealkylation sites (tertiary alicyclic amines) is 2. The van der Waals surface area contributed by atoms with Crippen LogP contribution in [0.4, 0.5) is 4.79 Å². The van der Waals surface area contributed by atoms with Crippen molar-refractivity contribution in [2.45, 2.75) is 52.1 Å². The number of nitrogens with one attached hydrogen (secondary N) is 1.